The lowest BCUT2D eigenvalue weighted by Gasteiger charge is -2.47. The van der Waals surface area contributed by atoms with Crippen molar-refractivity contribution in [2.24, 2.45) is 5.41 Å². The minimum absolute atomic E-state index is 0.380. The Morgan fingerprint density at radius 2 is 2.00 bits per heavy atom. The summed E-state index contributed by atoms with van der Waals surface area (Å²) in [6.07, 6.45) is 7.64. The van der Waals surface area contributed by atoms with Crippen LogP contribution in [0.1, 0.15) is 38.5 Å². The predicted octanol–water partition coefficient (Wildman–Crippen LogP) is 2.66. The molecule has 68 valence electrons. The van der Waals surface area contributed by atoms with Crippen LogP contribution in [0.2, 0.25) is 0 Å². The molecule has 0 bridgehead atoms. The molecular weight excluding hydrogens is 174 g/mol. The summed E-state index contributed by atoms with van der Waals surface area (Å²) in [5.74, 6) is 0. The summed E-state index contributed by atoms with van der Waals surface area (Å²) >= 11 is 5.30. The van der Waals surface area contributed by atoms with Crippen LogP contribution in [0.25, 0.3) is 0 Å². The molecule has 0 radical (unpaired) electrons. The molecule has 1 N–H and O–H groups in total. The van der Waals surface area contributed by atoms with E-state index in [1.807, 2.05) is 0 Å². The quantitative estimate of drug-likeness (QED) is 0.496. The normalized spacial score (nSPS) is 31.6. The summed E-state index contributed by atoms with van der Waals surface area (Å²) in [6.45, 7) is 0. The molecule has 0 saturated heterocycles. The lowest BCUT2D eigenvalue weighted by molar-refractivity contribution is 0.0824. The van der Waals surface area contributed by atoms with Gasteiger partial charge in [-0.1, -0.05) is 12.8 Å². The fraction of sp³-hybridized carbons (Fsp3) is 0.889. The standard InChI is InChI=1S/C9H14ClNO/c10-8(12)11-7-3-6-9(7)4-1-2-5-9/h7H,1-6H2,(H,11,12). The summed E-state index contributed by atoms with van der Waals surface area (Å²) in [4.78, 5) is 10.6. The topological polar surface area (TPSA) is 29.1 Å². The van der Waals surface area contributed by atoms with Gasteiger partial charge in [-0.3, -0.25) is 4.79 Å². The smallest absolute Gasteiger partial charge is 0.314 e. The van der Waals surface area contributed by atoms with Gasteiger partial charge in [0.05, 0.1) is 0 Å². The molecule has 0 aromatic rings. The molecule has 12 heavy (non-hydrogen) atoms. The van der Waals surface area contributed by atoms with Crippen LogP contribution in [-0.4, -0.2) is 11.4 Å². The average molecular weight is 188 g/mol. The summed E-state index contributed by atoms with van der Waals surface area (Å²) < 4.78 is 0. The Balaban J connectivity index is 1.95. The van der Waals surface area contributed by atoms with Crippen LogP contribution in [0.4, 0.5) is 4.79 Å². The third kappa shape index (κ3) is 1.22. The fourth-order valence-corrected chi connectivity index (χ4v) is 2.87. The summed E-state index contributed by atoms with van der Waals surface area (Å²) in [5, 5.41) is 2.46. The van der Waals surface area contributed by atoms with Crippen molar-refractivity contribution in [1.29, 1.82) is 0 Å². The van der Waals surface area contributed by atoms with Gasteiger partial charge in [0.15, 0.2) is 0 Å². The van der Waals surface area contributed by atoms with Crippen molar-refractivity contribution in [3.05, 3.63) is 0 Å². The van der Waals surface area contributed by atoms with E-state index in [0.717, 1.165) is 6.42 Å². The third-order valence-electron chi connectivity index (χ3n) is 3.56. The molecule has 3 heteroatoms. The SMILES string of the molecule is O=C(Cl)NC1CCC12CCCC2. The van der Waals surface area contributed by atoms with E-state index in [1.54, 1.807) is 0 Å². The van der Waals surface area contributed by atoms with Crippen LogP contribution in [-0.2, 0) is 0 Å². The van der Waals surface area contributed by atoms with Gasteiger partial charge in [-0.05, 0) is 42.7 Å². The second-order valence-electron chi connectivity index (χ2n) is 4.08. The van der Waals surface area contributed by atoms with E-state index in [0.29, 0.717) is 11.5 Å². The molecule has 2 nitrogen and oxygen atoms in total. The van der Waals surface area contributed by atoms with Crippen LogP contribution in [0.5, 0.6) is 0 Å². The Kier molecular flexibility index (Phi) is 2.03. The lowest BCUT2D eigenvalue weighted by atomic mass is 9.63. The number of hydrogen-bond donors (Lipinski definition) is 1. The molecule has 0 aromatic heterocycles. The highest BCUT2D eigenvalue weighted by atomic mass is 35.5. The molecule has 2 saturated carbocycles. The maximum absolute atomic E-state index is 10.6. The van der Waals surface area contributed by atoms with Crippen molar-refractivity contribution >= 4 is 17.0 Å². The summed E-state index contributed by atoms with van der Waals surface area (Å²) in [7, 11) is 0. The number of carbonyl (C=O) groups excluding carboxylic acids is 1. The monoisotopic (exact) mass is 187 g/mol. The molecule has 2 rings (SSSR count). The van der Waals surface area contributed by atoms with Crippen molar-refractivity contribution < 1.29 is 4.79 Å². The van der Waals surface area contributed by atoms with E-state index >= 15 is 0 Å². The van der Waals surface area contributed by atoms with Gasteiger partial charge in [-0.2, -0.15) is 0 Å². The number of halogens is 1. The first-order chi connectivity index (χ1) is 5.73. The van der Waals surface area contributed by atoms with Crippen molar-refractivity contribution in [2.75, 3.05) is 0 Å². The molecule has 1 spiro atoms. The molecule has 0 aromatic carbocycles. The third-order valence-corrected chi connectivity index (χ3v) is 3.67. The first-order valence-electron chi connectivity index (χ1n) is 4.69. The summed E-state index contributed by atoms with van der Waals surface area (Å²) in [5.41, 5.74) is 0.449. The molecule has 2 aliphatic rings. The van der Waals surface area contributed by atoms with Crippen LogP contribution in [0.3, 0.4) is 0 Å². The Bertz CT molecular complexity index is 199. The van der Waals surface area contributed by atoms with Crippen LogP contribution in [0, 0.1) is 5.41 Å². The molecule has 1 atom stereocenters. The predicted molar refractivity (Wildman–Crippen MR) is 48.3 cm³/mol. The molecule has 2 aliphatic carbocycles. The van der Waals surface area contributed by atoms with Gasteiger partial charge in [0.2, 0.25) is 0 Å². The highest BCUT2D eigenvalue weighted by molar-refractivity contribution is 6.63. The highest BCUT2D eigenvalue weighted by Crippen LogP contribution is 2.53. The maximum atomic E-state index is 10.6. The van der Waals surface area contributed by atoms with Crippen molar-refractivity contribution in [3.63, 3.8) is 0 Å². The molecule has 0 aliphatic heterocycles. The van der Waals surface area contributed by atoms with E-state index in [9.17, 15) is 4.79 Å². The van der Waals surface area contributed by atoms with Crippen LogP contribution >= 0.6 is 11.6 Å². The molecule has 2 fully saturated rings. The largest absolute Gasteiger partial charge is 0.339 e. The van der Waals surface area contributed by atoms with Gasteiger partial charge < -0.3 is 5.32 Å². The second-order valence-corrected chi connectivity index (χ2v) is 4.42. The molecule has 1 amide bonds. The van der Waals surface area contributed by atoms with Gasteiger partial charge in [0.1, 0.15) is 0 Å². The Hall–Kier alpha value is -0.240. The van der Waals surface area contributed by atoms with Gasteiger partial charge in [-0.15, -0.1) is 0 Å². The number of amides is 1. The summed E-state index contributed by atoms with van der Waals surface area (Å²) in [6, 6.07) is 0.380. The zero-order chi connectivity index (χ0) is 8.60. The number of rotatable bonds is 1. The highest BCUT2D eigenvalue weighted by Gasteiger charge is 2.48. The Labute approximate surface area is 77.7 Å². The number of hydrogen-bond acceptors (Lipinski definition) is 1. The zero-order valence-corrected chi connectivity index (χ0v) is 7.86. The first kappa shape index (κ1) is 8.36. The van der Waals surface area contributed by atoms with E-state index in [-0.39, 0.29) is 5.37 Å². The zero-order valence-electron chi connectivity index (χ0n) is 7.11. The van der Waals surface area contributed by atoms with Gasteiger partial charge in [0, 0.05) is 6.04 Å². The number of nitrogens with one attached hydrogen (secondary N) is 1. The molecule has 0 heterocycles. The second kappa shape index (κ2) is 2.91. The Morgan fingerprint density at radius 3 is 2.42 bits per heavy atom. The van der Waals surface area contributed by atoms with Crippen molar-refractivity contribution in [2.45, 2.75) is 44.6 Å². The van der Waals surface area contributed by atoms with Gasteiger partial charge >= 0.3 is 5.37 Å². The van der Waals surface area contributed by atoms with E-state index in [2.05, 4.69) is 5.32 Å². The van der Waals surface area contributed by atoms with E-state index < -0.39 is 0 Å². The number of carbonyl (C=O) groups is 1. The van der Waals surface area contributed by atoms with Crippen molar-refractivity contribution in [1.82, 2.24) is 5.32 Å². The Morgan fingerprint density at radius 1 is 1.33 bits per heavy atom. The van der Waals surface area contributed by atoms with Crippen molar-refractivity contribution in [3.8, 4) is 0 Å². The van der Waals surface area contributed by atoms with E-state index in [4.69, 9.17) is 11.6 Å². The average Bonchev–Trinajstić information content (AvgIpc) is 2.48. The maximum Gasteiger partial charge on any atom is 0.314 e. The first-order valence-corrected chi connectivity index (χ1v) is 5.07. The minimum Gasteiger partial charge on any atom is -0.339 e. The van der Waals surface area contributed by atoms with E-state index in [1.165, 1.54) is 32.1 Å². The molecular formula is C9H14ClNO. The van der Waals surface area contributed by atoms with Gasteiger partial charge in [0.25, 0.3) is 0 Å². The molecule has 1 unspecified atom stereocenters. The van der Waals surface area contributed by atoms with Crippen LogP contribution < -0.4 is 5.32 Å². The fourth-order valence-electron chi connectivity index (χ4n) is 2.74. The lowest BCUT2D eigenvalue weighted by Crippen LogP contribution is -2.52. The van der Waals surface area contributed by atoms with Gasteiger partial charge in [-0.25, -0.2) is 0 Å². The van der Waals surface area contributed by atoms with Crippen LogP contribution in [0.15, 0.2) is 0 Å². The minimum atomic E-state index is -0.383.